The SMILES string of the molecule is COc1ccc(C(=O)Nc2cn(C)nc2-c2cnccn2)nc1-c1ccncc1. The van der Waals surface area contributed by atoms with E-state index in [4.69, 9.17) is 4.74 Å². The lowest BCUT2D eigenvalue weighted by Gasteiger charge is -2.10. The molecule has 4 rings (SSSR count). The molecule has 4 aromatic rings. The van der Waals surface area contributed by atoms with Crippen molar-refractivity contribution in [2.45, 2.75) is 0 Å². The zero-order chi connectivity index (χ0) is 20.2. The molecule has 0 radical (unpaired) electrons. The fourth-order valence-corrected chi connectivity index (χ4v) is 2.83. The molecule has 0 aliphatic heterocycles. The van der Waals surface area contributed by atoms with E-state index in [1.807, 2.05) is 0 Å². The van der Waals surface area contributed by atoms with Crippen LogP contribution in [0.15, 0.2) is 61.4 Å². The summed E-state index contributed by atoms with van der Waals surface area (Å²) < 4.78 is 6.99. The molecule has 9 heteroatoms. The second-order valence-corrected chi connectivity index (χ2v) is 6.09. The Labute approximate surface area is 166 Å². The number of ether oxygens (including phenoxy) is 1. The Morgan fingerprint density at radius 3 is 2.59 bits per heavy atom. The van der Waals surface area contributed by atoms with Crippen LogP contribution in [0.5, 0.6) is 5.75 Å². The molecule has 29 heavy (non-hydrogen) atoms. The van der Waals surface area contributed by atoms with E-state index in [1.54, 1.807) is 80.3 Å². The highest BCUT2D eigenvalue weighted by Gasteiger charge is 2.18. The van der Waals surface area contributed by atoms with Crippen molar-refractivity contribution in [3.05, 3.63) is 67.1 Å². The monoisotopic (exact) mass is 387 g/mol. The average Bonchev–Trinajstić information content (AvgIpc) is 3.14. The van der Waals surface area contributed by atoms with Gasteiger partial charge in [0.25, 0.3) is 5.91 Å². The van der Waals surface area contributed by atoms with Crippen LogP contribution in [0.3, 0.4) is 0 Å². The van der Waals surface area contributed by atoms with Crippen LogP contribution in [0.1, 0.15) is 10.5 Å². The molecular formula is C20H17N7O2. The average molecular weight is 387 g/mol. The Morgan fingerprint density at radius 1 is 1.03 bits per heavy atom. The Kier molecular flexibility index (Phi) is 4.93. The van der Waals surface area contributed by atoms with Gasteiger partial charge in [0.05, 0.1) is 19.0 Å². The summed E-state index contributed by atoms with van der Waals surface area (Å²) in [5.41, 5.74) is 3.20. The fraction of sp³-hybridized carbons (Fsp3) is 0.100. The molecule has 0 fully saturated rings. The lowest BCUT2D eigenvalue weighted by atomic mass is 10.1. The van der Waals surface area contributed by atoms with E-state index in [0.717, 1.165) is 5.56 Å². The van der Waals surface area contributed by atoms with Crippen LogP contribution in [0.2, 0.25) is 0 Å². The zero-order valence-electron chi connectivity index (χ0n) is 15.8. The van der Waals surface area contributed by atoms with E-state index in [9.17, 15) is 4.79 Å². The lowest BCUT2D eigenvalue weighted by Crippen LogP contribution is -2.14. The van der Waals surface area contributed by atoms with E-state index in [1.165, 1.54) is 0 Å². The van der Waals surface area contributed by atoms with Crippen molar-refractivity contribution in [1.82, 2.24) is 29.7 Å². The molecule has 0 saturated carbocycles. The van der Waals surface area contributed by atoms with Gasteiger partial charge in [0, 0.05) is 43.6 Å². The van der Waals surface area contributed by atoms with Crippen LogP contribution in [0.25, 0.3) is 22.6 Å². The third kappa shape index (κ3) is 3.79. The molecular weight excluding hydrogens is 370 g/mol. The number of carbonyl (C=O) groups is 1. The maximum Gasteiger partial charge on any atom is 0.274 e. The maximum absolute atomic E-state index is 12.9. The number of aromatic nitrogens is 6. The van der Waals surface area contributed by atoms with E-state index in [2.05, 4.69) is 30.4 Å². The van der Waals surface area contributed by atoms with Gasteiger partial charge >= 0.3 is 0 Å². The summed E-state index contributed by atoms with van der Waals surface area (Å²) in [5.74, 6) is 0.190. The molecule has 0 bridgehead atoms. The molecule has 1 amide bonds. The summed E-state index contributed by atoms with van der Waals surface area (Å²) in [6, 6.07) is 6.93. The number of rotatable bonds is 5. The molecule has 0 aliphatic carbocycles. The molecule has 144 valence electrons. The third-order valence-electron chi connectivity index (χ3n) is 4.15. The molecule has 9 nitrogen and oxygen atoms in total. The Balaban J connectivity index is 1.67. The van der Waals surface area contributed by atoms with Crippen LogP contribution in [-0.2, 0) is 7.05 Å². The van der Waals surface area contributed by atoms with E-state index in [-0.39, 0.29) is 11.6 Å². The molecule has 0 atom stereocenters. The van der Waals surface area contributed by atoms with Crippen molar-refractivity contribution >= 4 is 11.6 Å². The van der Waals surface area contributed by atoms with Gasteiger partial charge in [0.2, 0.25) is 0 Å². The number of pyridine rings is 2. The number of methoxy groups -OCH3 is 1. The van der Waals surface area contributed by atoms with Gasteiger partial charge in [-0.25, -0.2) is 4.98 Å². The smallest absolute Gasteiger partial charge is 0.274 e. The first kappa shape index (κ1) is 18.2. The van der Waals surface area contributed by atoms with Crippen molar-refractivity contribution in [2.24, 2.45) is 7.05 Å². The molecule has 4 heterocycles. The summed E-state index contributed by atoms with van der Waals surface area (Å²) in [5, 5.41) is 7.23. The molecule has 0 aliphatic rings. The first-order valence-electron chi connectivity index (χ1n) is 8.72. The molecule has 4 aromatic heterocycles. The zero-order valence-corrected chi connectivity index (χ0v) is 15.8. The predicted molar refractivity (Wildman–Crippen MR) is 106 cm³/mol. The van der Waals surface area contributed by atoms with E-state index < -0.39 is 0 Å². The van der Waals surface area contributed by atoms with Gasteiger partial charge in [0.15, 0.2) is 0 Å². The molecule has 0 saturated heterocycles. The van der Waals surface area contributed by atoms with Gasteiger partial charge in [-0.15, -0.1) is 0 Å². The van der Waals surface area contributed by atoms with Gasteiger partial charge in [-0.1, -0.05) is 0 Å². The Bertz CT molecular complexity index is 1140. The molecule has 1 N–H and O–H groups in total. The minimum atomic E-state index is -0.374. The minimum Gasteiger partial charge on any atom is -0.494 e. The molecule has 0 unspecified atom stereocenters. The highest BCUT2D eigenvalue weighted by Crippen LogP contribution is 2.28. The van der Waals surface area contributed by atoms with Crippen molar-refractivity contribution < 1.29 is 9.53 Å². The van der Waals surface area contributed by atoms with Gasteiger partial charge in [-0.2, -0.15) is 5.10 Å². The third-order valence-corrected chi connectivity index (χ3v) is 4.15. The van der Waals surface area contributed by atoms with E-state index in [0.29, 0.717) is 28.5 Å². The second-order valence-electron chi connectivity index (χ2n) is 6.09. The first-order valence-corrected chi connectivity index (χ1v) is 8.72. The van der Waals surface area contributed by atoms with Gasteiger partial charge < -0.3 is 10.1 Å². The number of hydrogen-bond donors (Lipinski definition) is 1. The highest BCUT2D eigenvalue weighted by molar-refractivity contribution is 6.05. The number of carbonyl (C=O) groups excluding carboxylic acids is 1. The Hall–Kier alpha value is -4.14. The van der Waals surface area contributed by atoms with Crippen LogP contribution in [0, 0.1) is 0 Å². The fourth-order valence-electron chi connectivity index (χ4n) is 2.83. The number of nitrogens with zero attached hydrogens (tertiary/aromatic N) is 6. The quantitative estimate of drug-likeness (QED) is 0.561. The number of aryl methyl sites for hydroxylation is 1. The van der Waals surface area contributed by atoms with Crippen LogP contribution >= 0.6 is 0 Å². The van der Waals surface area contributed by atoms with Crippen LogP contribution in [0.4, 0.5) is 5.69 Å². The number of nitrogens with one attached hydrogen (secondary N) is 1. The van der Waals surface area contributed by atoms with Gasteiger partial charge in [-0.3, -0.25) is 24.4 Å². The van der Waals surface area contributed by atoms with Crippen LogP contribution < -0.4 is 10.1 Å². The summed E-state index contributed by atoms with van der Waals surface area (Å²) in [6.45, 7) is 0. The lowest BCUT2D eigenvalue weighted by molar-refractivity contribution is 0.102. The summed E-state index contributed by atoms with van der Waals surface area (Å²) in [6.07, 6.45) is 9.76. The standard InChI is InChI=1S/C20H17N7O2/c1-27-12-16(19(26-27)15-11-22-9-10-23-15)25-20(28)14-3-4-17(29-2)18(24-14)13-5-7-21-8-6-13/h3-12H,1-2H3,(H,25,28). The highest BCUT2D eigenvalue weighted by atomic mass is 16.5. The summed E-state index contributed by atoms with van der Waals surface area (Å²) in [4.78, 5) is 29.7. The van der Waals surface area contributed by atoms with Gasteiger partial charge in [-0.05, 0) is 24.3 Å². The van der Waals surface area contributed by atoms with Crippen molar-refractivity contribution in [2.75, 3.05) is 12.4 Å². The number of hydrogen-bond acceptors (Lipinski definition) is 7. The largest absolute Gasteiger partial charge is 0.494 e. The van der Waals surface area contributed by atoms with Gasteiger partial charge in [0.1, 0.15) is 28.5 Å². The molecule has 0 spiro atoms. The predicted octanol–water partition coefficient (Wildman–Crippen LogP) is 2.60. The number of anilines is 1. The van der Waals surface area contributed by atoms with Crippen LogP contribution in [-0.4, -0.2) is 42.7 Å². The topological polar surface area (TPSA) is 108 Å². The summed E-state index contributed by atoms with van der Waals surface area (Å²) in [7, 11) is 3.33. The molecule has 0 aromatic carbocycles. The summed E-state index contributed by atoms with van der Waals surface area (Å²) >= 11 is 0. The van der Waals surface area contributed by atoms with Crippen molar-refractivity contribution in [3.63, 3.8) is 0 Å². The minimum absolute atomic E-state index is 0.242. The van der Waals surface area contributed by atoms with Crippen molar-refractivity contribution in [3.8, 4) is 28.4 Å². The maximum atomic E-state index is 12.9. The number of amides is 1. The Morgan fingerprint density at radius 2 is 1.86 bits per heavy atom. The van der Waals surface area contributed by atoms with Crippen molar-refractivity contribution in [1.29, 1.82) is 0 Å². The second kappa shape index (κ2) is 7.85. The normalized spacial score (nSPS) is 10.6. The van der Waals surface area contributed by atoms with E-state index >= 15 is 0 Å². The first-order chi connectivity index (χ1) is 14.2.